The number of halogens is 1. The van der Waals surface area contributed by atoms with Gasteiger partial charge in [0.15, 0.2) is 11.5 Å². The molecule has 3 N–H and O–H groups in total. The zero-order valence-electron chi connectivity index (χ0n) is 18.9. The van der Waals surface area contributed by atoms with Gasteiger partial charge in [-0.1, -0.05) is 12.1 Å². The van der Waals surface area contributed by atoms with E-state index in [9.17, 15) is 9.18 Å². The summed E-state index contributed by atoms with van der Waals surface area (Å²) in [5.74, 6) is -0.998. The number of nitrogens with one attached hydrogen (secondary N) is 3. The monoisotopic (exact) mass is 474 g/mol. The van der Waals surface area contributed by atoms with Crippen LogP contribution in [0, 0.1) is 12.4 Å². The molecule has 0 aliphatic heterocycles. The Morgan fingerprint density at radius 3 is 2.31 bits per heavy atom. The summed E-state index contributed by atoms with van der Waals surface area (Å²) in [4.78, 5) is 24.6. The fourth-order valence-electron chi connectivity index (χ4n) is 3.68. The van der Waals surface area contributed by atoms with Gasteiger partial charge in [-0.2, -0.15) is 0 Å². The lowest BCUT2D eigenvalue weighted by atomic mass is 10.1. The lowest BCUT2D eigenvalue weighted by molar-refractivity contribution is 0.102. The lowest BCUT2D eigenvalue weighted by Crippen LogP contribution is -2.13. The first-order valence-electron chi connectivity index (χ1n) is 11.0. The molecule has 1 amide bonds. The van der Waals surface area contributed by atoms with E-state index in [2.05, 4.69) is 30.8 Å². The lowest BCUT2D eigenvalue weighted by Gasteiger charge is -2.12. The minimum atomic E-state index is -0.565. The molecule has 0 unspecified atom stereocenters. The minimum Gasteiger partial charge on any atom is -0.355 e. The van der Waals surface area contributed by atoms with Crippen LogP contribution in [0.2, 0.25) is 0 Å². The molecule has 2 aromatic heterocycles. The molecule has 0 aliphatic carbocycles. The van der Waals surface area contributed by atoms with Crippen LogP contribution in [0.15, 0.2) is 97.5 Å². The summed E-state index contributed by atoms with van der Waals surface area (Å²) in [6, 6.07) is 22.2. The van der Waals surface area contributed by atoms with E-state index in [1.54, 1.807) is 79.3 Å². The number of benzene rings is 3. The van der Waals surface area contributed by atoms with Crippen molar-refractivity contribution in [2.24, 2.45) is 0 Å². The van der Waals surface area contributed by atoms with E-state index in [1.165, 1.54) is 6.07 Å². The second kappa shape index (κ2) is 9.91. The highest BCUT2D eigenvalue weighted by Crippen LogP contribution is 2.29. The van der Waals surface area contributed by atoms with Gasteiger partial charge in [-0.3, -0.25) is 14.8 Å². The Morgan fingerprint density at radius 2 is 1.53 bits per heavy atom. The zero-order valence-corrected chi connectivity index (χ0v) is 18.9. The first kappa shape index (κ1) is 22.5. The summed E-state index contributed by atoms with van der Waals surface area (Å²) < 4.78 is 15.0. The van der Waals surface area contributed by atoms with Crippen molar-refractivity contribution in [2.45, 2.75) is 0 Å². The van der Waals surface area contributed by atoms with Crippen molar-refractivity contribution in [1.82, 2.24) is 9.97 Å². The summed E-state index contributed by atoms with van der Waals surface area (Å²) >= 11 is 0. The van der Waals surface area contributed by atoms with E-state index in [0.717, 1.165) is 22.3 Å². The molecule has 5 rings (SSSR count). The molecule has 0 aliphatic rings. The highest BCUT2D eigenvalue weighted by Gasteiger charge is 2.13. The van der Waals surface area contributed by atoms with Crippen LogP contribution in [0.5, 0.6) is 0 Å². The fraction of sp³-hybridized carbons (Fsp3) is 0. The molecule has 7 nitrogen and oxygen atoms in total. The topological polar surface area (TPSA) is 83.3 Å². The number of anilines is 5. The van der Waals surface area contributed by atoms with Crippen LogP contribution < -0.4 is 16.0 Å². The molecule has 36 heavy (non-hydrogen) atoms. The number of pyridine rings is 2. The van der Waals surface area contributed by atoms with Crippen LogP contribution in [0.3, 0.4) is 0 Å². The Balaban J connectivity index is 1.31. The maximum atomic E-state index is 15.0. The summed E-state index contributed by atoms with van der Waals surface area (Å²) in [5, 5.41) is 9.75. The van der Waals surface area contributed by atoms with Crippen LogP contribution in [0.25, 0.3) is 15.7 Å². The first-order valence-corrected chi connectivity index (χ1v) is 11.0. The quantitative estimate of drug-likeness (QED) is 0.230. The maximum Gasteiger partial charge on any atom is 0.255 e. The predicted octanol–water partition coefficient (Wildman–Crippen LogP) is 7.06. The van der Waals surface area contributed by atoms with Gasteiger partial charge in [0.25, 0.3) is 5.91 Å². The van der Waals surface area contributed by atoms with E-state index in [4.69, 9.17) is 6.57 Å². The number of aromatic nitrogens is 2. The Morgan fingerprint density at radius 1 is 0.806 bits per heavy atom. The molecule has 5 aromatic rings. The minimum absolute atomic E-state index is 0.0696. The third-order valence-electron chi connectivity index (χ3n) is 5.49. The van der Waals surface area contributed by atoms with E-state index in [-0.39, 0.29) is 11.4 Å². The van der Waals surface area contributed by atoms with Gasteiger partial charge >= 0.3 is 0 Å². The van der Waals surface area contributed by atoms with Gasteiger partial charge < -0.3 is 16.0 Å². The summed E-state index contributed by atoms with van der Waals surface area (Å²) in [6.45, 7) is 7.25. The standard InChI is InChI=1S/C28H19FN6O/c1-30-21-9-10-23-22(17-21)24(13-16-32-23)33-19-7-5-18(6-8-19)28(36)35-26-4-2-3-25(27(26)29)34-20-11-14-31-15-12-20/h2-17H,(H,31,34)(H,32,33)(H,35,36). The first-order chi connectivity index (χ1) is 17.6. The Kier molecular flexibility index (Phi) is 6.19. The number of carbonyl (C=O) groups is 1. The number of carbonyl (C=O) groups excluding carboxylic acids is 1. The van der Waals surface area contributed by atoms with Gasteiger partial charge in [0.05, 0.1) is 23.5 Å². The highest BCUT2D eigenvalue weighted by molar-refractivity contribution is 6.05. The largest absolute Gasteiger partial charge is 0.355 e. The van der Waals surface area contributed by atoms with Gasteiger partial charge in [0.2, 0.25) is 0 Å². The Labute approximate surface area is 206 Å². The van der Waals surface area contributed by atoms with Gasteiger partial charge in [-0.25, -0.2) is 9.24 Å². The summed E-state index contributed by atoms with van der Waals surface area (Å²) in [5.41, 5.74) is 4.21. The van der Waals surface area contributed by atoms with Crippen LogP contribution in [0.1, 0.15) is 10.4 Å². The smallest absolute Gasteiger partial charge is 0.255 e. The number of hydrogen-bond donors (Lipinski definition) is 3. The van der Waals surface area contributed by atoms with Gasteiger partial charge in [0.1, 0.15) is 0 Å². The van der Waals surface area contributed by atoms with Crippen LogP contribution in [-0.2, 0) is 0 Å². The zero-order chi connectivity index (χ0) is 24.9. The highest BCUT2D eigenvalue weighted by atomic mass is 19.1. The van der Waals surface area contributed by atoms with Crippen molar-refractivity contribution in [3.05, 3.63) is 120 Å². The van der Waals surface area contributed by atoms with Gasteiger partial charge in [0, 0.05) is 46.6 Å². The van der Waals surface area contributed by atoms with Crippen molar-refractivity contribution in [2.75, 3.05) is 16.0 Å². The predicted molar refractivity (Wildman–Crippen MR) is 140 cm³/mol. The molecular weight excluding hydrogens is 455 g/mol. The normalized spacial score (nSPS) is 10.4. The second-order valence-electron chi connectivity index (χ2n) is 7.86. The molecular formula is C28H19FN6O. The number of rotatable bonds is 6. The molecule has 0 atom stereocenters. The van der Waals surface area contributed by atoms with E-state index in [0.29, 0.717) is 16.9 Å². The number of hydrogen-bond acceptors (Lipinski definition) is 5. The molecule has 8 heteroatoms. The third kappa shape index (κ3) is 4.81. The molecule has 0 saturated carbocycles. The Bertz CT molecular complexity index is 1600. The maximum absolute atomic E-state index is 15.0. The second-order valence-corrected chi connectivity index (χ2v) is 7.86. The third-order valence-corrected chi connectivity index (χ3v) is 5.49. The molecule has 0 fully saturated rings. The SMILES string of the molecule is [C-]#[N+]c1ccc2nccc(Nc3ccc(C(=O)Nc4cccc(Nc5ccncc5)c4F)cc3)c2c1. The van der Waals surface area contributed by atoms with Crippen LogP contribution in [0.4, 0.5) is 38.5 Å². The van der Waals surface area contributed by atoms with E-state index >= 15 is 0 Å². The average Bonchev–Trinajstić information content (AvgIpc) is 2.92. The van der Waals surface area contributed by atoms with Crippen molar-refractivity contribution in [3.8, 4) is 0 Å². The molecule has 0 saturated heterocycles. The van der Waals surface area contributed by atoms with Crippen molar-refractivity contribution in [1.29, 1.82) is 0 Å². The van der Waals surface area contributed by atoms with Crippen molar-refractivity contribution in [3.63, 3.8) is 0 Å². The molecule has 2 heterocycles. The van der Waals surface area contributed by atoms with Crippen molar-refractivity contribution < 1.29 is 9.18 Å². The van der Waals surface area contributed by atoms with Crippen LogP contribution in [-0.4, -0.2) is 15.9 Å². The van der Waals surface area contributed by atoms with E-state index < -0.39 is 11.7 Å². The molecule has 0 radical (unpaired) electrons. The van der Waals surface area contributed by atoms with Gasteiger partial charge in [-0.05, 0) is 66.7 Å². The molecule has 0 spiro atoms. The van der Waals surface area contributed by atoms with E-state index in [1.807, 2.05) is 12.1 Å². The molecule has 0 bridgehead atoms. The summed E-state index contributed by atoms with van der Waals surface area (Å²) in [6.07, 6.45) is 4.90. The van der Waals surface area contributed by atoms with Gasteiger partial charge in [-0.15, -0.1) is 0 Å². The Hall–Kier alpha value is -5.29. The summed E-state index contributed by atoms with van der Waals surface area (Å²) in [7, 11) is 0. The van der Waals surface area contributed by atoms with Crippen molar-refractivity contribution >= 4 is 50.9 Å². The number of amides is 1. The van der Waals surface area contributed by atoms with Crippen LogP contribution >= 0.6 is 0 Å². The molecule has 174 valence electrons. The number of fused-ring (bicyclic) bond motifs is 1. The number of nitrogens with zero attached hydrogens (tertiary/aromatic N) is 3. The average molecular weight is 474 g/mol. The fourth-order valence-corrected chi connectivity index (χ4v) is 3.68. The molecule has 3 aromatic carbocycles.